The molecule has 0 aliphatic carbocycles. The molecular weight excluding hydrogens is 755 g/mol. The molecule has 2 rings (SSSR count). The lowest BCUT2D eigenvalue weighted by atomic mass is 10.1. The summed E-state index contributed by atoms with van der Waals surface area (Å²) in [7, 11) is 0. The Hall–Kier alpha value is -4.64. The number of alkyl carbamates (subject to hydrolysis) is 2. The molecule has 2 aromatic carbocycles. The first-order valence-corrected chi connectivity index (χ1v) is 19.0. The van der Waals surface area contributed by atoms with Gasteiger partial charge >= 0.3 is 12.2 Å². The lowest BCUT2D eigenvalue weighted by Gasteiger charge is -2.22. The molecule has 304 valence electrons. The Balaban J connectivity index is 1.65. The zero-order valence-corrected chi connectivity index (χ0v) is 32.6. The van der Waals surface area contributed by atoms with Gasteiger partial charge in [0.25, 0.3) is 0 Å². The van der Waals surface area contributed by atoms with E-state index in [1.54, 1.807) is 48.5 Å². The predicted octanol–water partition coefficient (Wildman–Crippen LogP) is 2.90. The number of nitrogens with two attached hydrogens (primary N) is 3. The molecule has 0 aliphatic heterocycles. The van der Waals surface area contributed by atoms with Crippen LogP contribution < -0.4 is 43.8 Å². The summed E-state index contributed by atoms with van der Waals surface area (Å²) in [4.78, 5) is 73.7. The second-order valence-electron chi connectivity index (χ2n) is 12.9. The maximum atomic E-state index is 12.9. The summed E-state index contributed by atoms with van der Waals surface area (Å²) in [6.07, 6.45) is 2.85. The zero-order valence-electron chi connectivity index (χ0n) is 31.1. The maximum Gasteiger partial charge on any atom is 0.407 e. The molecule has 0 aliphatic rings. The van der Waals surface area contributed by atoms with E-state index >= 15 is 0 Å². The van der Waals surface area contributed by atoms with Crippen molar-refractivity contribution < 1.29 is 38.2 Å². The first-order valence-electron chi connectivity index (χ1n) is 18.3. The SMILES string of the molecule is CC(NC(=O)C(CCCCNC(=O)C(N)CCCCNC(=O)OCc1ccccc1Cl)NC(=O)C(N)CCCCNC(=O)OCc1ccccc1Cl)C(N)=O. The monoisotopic (exact) mass is 808 g/mol. The number of nitrogens with one attached hydrogen (secondary N) is 5. The fourth-order valence-corrected chi connectivity index (χ4v) is 5.37. The van der Waals surface area contributed by atoms with Crippen LogP contribution in [0.5, 0.6) is 0 Å². The Kier molecular flexibility index (Phi) is 22.2. The van der Waals surface area contributed by atoms with Gasteiger partial charge in [0, 0.05) is 40.8 Å². The van der Waals surface area contributed by atoms with E-state index in [-0.39, 0.29) is 38.5 Å². The van der Waals surface area contributed by atoms with E-state index in [4.69, 9.17) is 49.9 Å². The molecule has 6 amide bonds. The molecule has 0 fully saturated rings. The van der Waals surface area contributed by atoms with Gasteiger partial charge in [-0.15, -0.1) is 0 Å². The highest BCUT2D eigenvalue weighted by Gasteiger charge is 2.25. The topological polar surface area (TPSA) is 259 Å². The molecule has 0 bridgehead atoms. The zero-order chi connectivity index (χ0) is 40.6. The maximum absolute atomic E-state index is 12.9. The number of rotatable bonds is 25. The summed E-state index contributed by atoms with van der Waals surface area (Å²) in [6.45, 7) is 2.45. The molecule has 4 unspecified atom stereocenters. The van der Waals surface area contributed by atoms with Crippen LogP contribution in [0, 0.1) is 0 Å². The molecule has 0 saturated carbocycles. The highest BCUT2D eigenvalue weighted by atomic mass is 35.5. The van der Waals surface area contributed by atoms with Crippen molar-refractivity contribution in [1.29, 1.82) is 0 Å². The number of hydrogen-bond acceptors (Lipinski definition) is 10. The van der Waals surface area contributed by atoms with Gasteiger partial charge in [-0.2, -0.15) is 0 Å². The Morgan fingerprint density at radius 2 is 1.04 bits per heavy atom. The molecule has 0 saturated heterocycles. The average Bonchev–Trinajstić information content (AvgIpc) is 3.15. The van der Waals surface area contributed by atoms with E-state index in [9.17, 15) is 28.8 Å². The second-order valence-corrected chi connectivity index (χ2v) is 13.7. The average molecular weight is 810 g/mol. The van der Waals surface area contributed by atoms with Crippen molar-refractivity contribution in [2.45, 2.75) is 102 Å². The van der Waals surface area contributed by atoms with Gasteiger partial charge in [-0.25, -0.2) is 9.59 Å². The van der Waals surface area contributed by atoms with E-state index in [2.05, 4.69) is 26.6 Å². The van der Waals surface area contributed by atoms with Crippen molar-refractivity contribution >= 4 is 59.0 Å². The van der Waals surface area contributed by atoms with Crippen LogP contribution in [-0.2, 0) is 41.9 Å². The van der Waals surface area contributed by atoms with E-state index in [0.29, 0.717) is 79.2 Å². The fraction of sp³-hybridized carbons (Fsp3) is 0.514. The molecule has 11 N–H and O–H groups in total. The molecule has 0 spiro atoms. The number of halogens is 2. The number of hydrogen-bond donors (Lipinski definition) is 8. The van der Waals surface area contributed by atoms with Gasteiger partial charge in [-0.3, -0.25) is 19.2 Å². The number of primary amides is 1. The largest absolute Gasteiger partial charge is 0.445 e. The molecule has 18 heteroatoms. The van der Waals surface area contributed by atoms with Crippen LogP contribution in [0.2, 0.25) is 10.0 Å². The van der Waals surface area contributed by atoms with Gasteiger partial charge in [-0.1, -0.05) is 59.6 Å². The van der Waals surface area contributed by atoms with Crippen molar-refractivity contribution in [3.05, 3.63) is 69.7 Å². The highest BCUT2D eigenvalue weighted by molar-refractivity contribution is 6.31. The lowest BCUT2D eigenvalue weighted by Crippen LogP contribution is -2.54. The van der Waals surface area contributed by atoms with E-state index < -0.39 is 54.1 Å². The van der Waals surface area contributed by atoms with Gasteiger partial charge in [0.2, 0.25) is 23.6 Å². The first kappa shape index (κ1) is 46.5. The first-order chi connectivity index (χ1) is 26.3. The van der Waals surface area contributed by atoms with E-state index in [1.165, 1.54) is 6.92 Å². The molecular formula is C37H54Cl2N8O8. The minimum atomic E-state index is -1.00. The van der Waals surface area contributed by atoms with Crippen molar-refractivity contribution in [1.82, 2.24) is 26.6 Å². The molecule has 0 radical (unpaired) electrons. The van der Waals surface area contributed by atoms with Crippen LogP contribution in [0.4, 0.5) is 9.59 Å². The van der Waals surface area contributed by atoms with Crippen LogP contribution in [0.15, 0.2) is 48.5 Å². The fourth-order valence-electron chi connectivity index (χ4n) is 4.99. The predicted molar refractivity (Wildman–Crippen MR) is 209 cm³/mol. The van der Waals surface area contributed by atoms with Gasteiger partial charge in [0.15, 0.2) is 0 Å². The summed E-state index contributed by atoms with van der Waals surface area (Å²) < 4.78 is 10.3. The minimum Gasteiger partial charge on any atom is -0.445 e. The molecule has 2 aromatic rings. The Labute approximate surface area is 331 Å². The summed E-state index contributed by atoms with van der Waals surface area (Å²) >= 11 is 12.1. The number of unbranched alkanes of at least 4 members (excludes halogenated alkanes) is 3. The van der Waals surface area contributed by atoms with E-state index in [0.717, 1.165) is 0 Å². The third kappa shape index (κ3) is 19.5. The standard InChI is InChI=1S/C37H54Cl2N8O8/c1-24(32(42)48)46-35(51)31(47-34(50)30(41)17-7-10-21-45-37(53)55-23-26-13-3-5-15-28(26)39)18-8-11-19-43-33(49)29(40)16-6-9-20-44-36(52)54-22-25-12-2-4-14-27(25)38/h2-5,12-15,24,29-31H,6-11,16-23,40-41H2,1H3,(H2,42,48)(H,43,49)(H,44,52)(H,45,53)(H,46,51)(H,47,50). The van der Waals surface area contributed by atoms with Gasteiger partial charge in [-0.05, 0) is 76.8 Å². The van der Waals surface area contributed by atoms with Gasteiger partial charge in [0.05, 0.1) is 12.1 Å². The Bertz CT molecular complexity index is 1550. The summed E-state index contributed by atoms with van der Waals surface area (Å²) in [5.41, 5.74) is 18.8. The van der Waals surface area contributed by atoms with E-state index in [1.807, 2.05) is 0 Å². The third-order valence-corrected chi connectivity index (χ3v) is 9.10. The normalized spacial score (nSPS) is 13.0. The van der Waals surface area contributed by atoms with Crippen molar-refractivity contribution in [2.75, 3.05) is 19.6 Å². The second kappa shape index (κ2) is 26.2. The van der Waals surface area contributed by atoms with Crippen LogP contribution in [0.1, 0.15) is 75.8 Å². The Morgan fingerprint density at radius 3 is 1.51 bits per heavy atom. The van der Waals surface area contributed by atoms with Crippen LogP contribution in [-0.4, -0.2) is 79.6 Å². The quantitative estimate of drug-likeness (QED) is 0.0681. The molecule has 0 aromatic heterocycles. The molecule has 4 atom stereocenters. The van der Waals surface area contributed by atoms with Gasteiger partial charge < -0.3 is 53.3 Å². The summed E-state index contributed by atoms with van der Waals surface area (Å²) in [5, 5.41) is 14.2. The molecule has 16 nitrogen and oxygen atoms in total. The van der Waals surface area contributed by atoms with Gasteiger partial charge in [0.1, 0.15) is 25.3 Å². The number of carbonyl (C=O) groups excluding carboxylic acids is 6. The summed E-state index contributed by atoms with van der Waals surface area (Å²) in [6, 6.07) is 10.5. The van der Waals surface area contributed by atoms with Crippen molar-refractivity contribution in [3.63, 3.8) is 0 Å². The summed E-state index contributed by atoms with van der Waals surface area (Å²) in [5.74, 6) is -2.22. The third-order valence-electron chi connectivity index (χ3n) is 8.37. The smallest absolute Gasteiger partial charge is 0.407 e. The van der Waals surface area contributed by atoms with Crippen molar-refractivity contribution in [2.24, 2.45) is 17.2 Å². The number of carbonyl (C=O) groups is 6. The van der Waals surface area contributed by atoms with Crippen LogP contribution in [0.3, 0.4) is 0 Å². The van der Waals surface area contributed by atoms with Crippen LogP contribution >= 0.6 is 23.2 Å². The number of ether oxygens (including phenoxy) is 2. The number of benzene rings is 2. The highest BCUT2D eigenvalue weighted by Crippen LogP contribution is 2.16. The molecule has 0 heterocycles. The van der Waals surface area contributed by atoms with Crippen LogP contribution in [0.25, 0.3) is 0 Å². The molecule has 55 heavy (non-hydrogen) atoms. The lowest BCUT2D eigenvalue weighted by molar-refractivity contribution is -0.131. The minimum absolute atomic E-state index is 0.0293. The number of amides is 6. The van der Waals surface area contributed by atoms with Crippen molar-refractivity contribution in [3.8, 4) is 0 Å². The Morgan fingerprint density at radius 1 is 0.600 bits per heavy atom.